The lowest BCUT2D eigenvalue weighted by molar-refractivity contribution is 0.0924. The highest BCUT2D eigenvalue weighted by Gasteiger charge is 1.88. The first-order valence-electron chi connectivity index (χ1n) is 4.25. The number of ether oxygens (including phenoxy) is 2. The maximum absolute atomic E-state index is 9.74. The third-order valence-corrected chi connectivity index (χ3v) is 1.51. The maximum atomic E-state index is 9.74. The molecule has 0 saturated carbocycles. The highest BCUT2D eigenvalue weighted by molar-refractivity contribution is 5.59. The molecule has 0 amide bonds. The second-order valence-corrected chi connectivity index (χ2v) is 2.82. The van der Waals surface area contributed by atoms with Crippen LogP contribution in [0.15, 0.2) is 24.3 Å². The third-order valence-electron chi connectivity index (χ3n) is 1.51. The van der Waals surface area contributed by atoms with E-state index in [0.717, 1.165) is 0 Å². The lowest BCUT2D eigenvalue weighted by atomic mass is 10.2. The number of hydrogen-bond acceptors (Lipinski definition) is 3. The maximum Gasteiger partial charge on any atom is 0.507 e. The van der Waals surface area contributed by atoms with Crippen LogP contribution in [-0.2, 0) is 9.47 Å². The summed E-state index contributed by atoms with van der Waals surface area (Å²) < 4.78 is 8.08. The van der Waals surface area contributed by atoms with E-state index >= 15 is 0 Å². The molecule has 0 aliphatic carbocycles. The molecule has 14 heavy (non-hydrogen) atoms. The van der Waals surface area contributed by atoms with E-state index in [-0.39, 0.29) is 0 Å². The van der Waals surface area contributed by atoms with Gasteiger partial charge in [0.15, 0.2) is 0 Å². The van der Waals surface area contributed by atoms with E-state index in [2.05, 4.69) is 47.6 Å². The molecular formula is C11H16O3. The summed E-state index contributed by atoms with van der Waals surface area (Å²) in [6.07, 6.45) is -0.657. The smallest absolute Gasteiger partial charge is 0.438 e. The van der Waals surface area contributed by atoms with Crippen LogP contribution in [0.3, 0.4) is 0 Å². The number of aryl methyl sites for hydroxylation is 2. The van der Waals surface area contributed by atoms with Crippen LogP contribution in [0.5, 0.6) is 0 Å². The fourth-order valence-corrected chi connectivity index (χ4v) is 0.890. The molecule has 0 saturated heterocycles. The molecule has 0 atom stereocenters. The van der Waals surface area contributed by atoms with Gasteiger partial charge in [-0.05, 0) is 13.8 Å². The van der Waals surface area contributed by atoms with Gasteiger partial charge in [0, 0.05) is 0 Å². The molecule has 0 aromatic heterocycles. The van der Waals surface area contributed by atoms with Gasteiger partial charge in [-0.15, -0.1) is 0 Å². The van der Waals surface area contributed by atoms with E-state index in [4.69, 9.17) is 0 Å². The topological polar surface area (TPSA) is 35.5 Å². The standard InChI is InChI=1S/C8H10.C3H6O3/c1-7-4-3-5-8(2)6-7;1-5-3(4)6-2/h3-6H,1-2H3;1-2H3. The minimum absolute atomic E-state index is 0.657. The zero-order chi connectivity index (χ0) is 11.0. The van der Waals surface area contributed by atoms with Gasteiger partial charge in [0.1, 0.15) is 0 Å². The first-order chi connectivity index (χ1) is 6.60. The first kappa shape index (κ1) is 12.5. The first-order valence-corrected chi connectivity index (χ1v) is 4.25. The summed E-state index contributed by atoms with van der Waals surface area (Å²) in [5.74, 6) is 0. The second-order valence-electron chi connectivity index (χ2n) is 2.82. The zero-order valence-corrected chi connectivity index (χ0v) is 9.03. The van der Waals surface area contributed by atoms with E-state index < -0.39 is 6.16 Å². The molecule has 1 rings (SSSR count). The Bertz CT molecular complexity index is 258. The van der Waals surface area contributed by atoms with Gasteiger partial charge in [0.05, 0.1) is 14.2 Å². The molecule has 0 aliphatic rings. The van der Waals surface area contributed by atoms with Gasteiger partial charge in [-0.3, -0.25) is 0 Å². The Kier molecular flexibility index (Phi) is 6.20. The van der Waals surface area contributed by atoms with Crippen LogP contribution in [0, 0.1) is 13.8 Å². The highest BCUT2D eigenvalue weighted by atomic mass is 16.7. The summed E-state index contributed by atoms with van der Waals surface area (Å²) >= 11 is 0. The van der Waals surface area contributed by atoms with Crippen molar-refractivity contribution >= 4 is 6.16 Å². The Labute approximate surface area is 84.7 Å². The van der Waals surface area contributed by atoms with Crippen molar-refractivity contribution < 1.29 is 14.3 Å². The number of methoxy groups -OCH3 is 2. The van der Waals surface area contributed by atoms with E-state index in [1.807, 2.05) is 0 Å². The van der Waals surface area contributed by atoms with Crippen LogP contribution in [0.1, 0.15) is 11.1 Å². The van der Waals surface area contributed by atoms with E-state index in [1.165, 1.54) is 25.3 Å². The van der Waals surface area contributed by atoms with Gasteiger partial charge in [-0.25, -0.2) is 4.79 Å². The van der Waals surface area contributed by atoms with Crippen molar-refractivity contribution in [2.24, 2.45) is 0 Å². The second kappa shape index (κ2) is 6.95. The van der Waals surface area contributed by atoms with Crippen LogP contribution in [0.4, 0.5) is 4.79 Å². The monoisotopic (exact) mass is 196 g/mol. The number of rotatable bonds is 0. The highest BCUT2D eigenvalue weighted by Crippen LogP contribution is 2.00. The lowest BCUT2D eigenvalue weighted by Gasteiger charge is -1.90. The lowest BCUT2D eigenvalue weighted by Crippen LogP contribution is -1.97. The molecular weight excluding hydrogens is 180 g/mol. The van der Waals surface area contributed by atoms with Crippen LogP contribution in [0.25, 0.3) is 0 Å². The number of carbonyl (C=O) groups excluding carboxylic acids is 1. The minimum atomic E-state index is -0.657. The van der Waals surface area contributed by atoms with Crippen molar-refractivity contribution in [1.82, 2.24) is 0 Å². The predicted octanol–water partition coefficient (Wildman–Crippen LogP) is 2.70. The van der Waals surface area contributed by atoms with Crippen molar-refractivity contribution in [2.45, 2.75) is 13.8 Å². The molecule has 0 fully saturated rings. The summed E-state index contributed by atoms with van der Waals surface area (Å²) in [7, 11) is 2.51. The fraction of sp³-hybridized carbons (Fsp3) is 0.364. The molecule has 0 spiro atoms. The van der Waals surface area contributed by atoms with Crippen molar-refractivity contribution in [3.8, 4) is 0 Å². The zero-order valence-electron chi connectivity index (χ0n) is 9.03. The summed E-state index contributed by atoms with van der Waals surface area (Å²) in [6, 6.07) is 8.45. The molecule has 0 bridgehead atoms. The van der Waals surface area contributed by atoms with E-state index in [1.54, 1.807) is 0 Å². The average molecular weight is 196 g/mol. The summed E-state index contributed by atoms with van der Waals surface area (Å²) in [5, 5.41) is 0. The van der Waals surface area contributed by atoms with Crippen LogP contribution in [0.2, 0.25) is 0 Å². The van der Waals surface area contributed by atoms with Gasteiger partial charge in [0.2, 0.25) is 0 Å². The van der Waals surface area contributed by atoms with E-state index in [0.29, 0.717) is 0 Å². The Hall–Kier alpha value is -1.51. The number of carbonyl (C=O) groups is 1. The largest absolute Gasteiger partial charge is 0.507 e. The molecule has 0 radical (unpaired) electrons. The van der Waals surface area contributed by atoms with Crippen molar-refractivity contribution in [3.05, 3.63) is 35.4 Å². The van der Waals surface area contributed by atoms with Crippen molar-refractivity contribution in [1.29, 1.82) is 0 Å². The van der Waals surface area contributed by atoms with Gasteiger partial charge in [-0.1, -0.05) is 35.4 Å². The Morgan fingerprint density at radius 3 is 1.64 bits per heavy atom. The quantitative estimate of drug-likeness (QED) is 0.598. The molecule has 3 nitrogen and oxygen atoms in total. The summed E-state index contributed by atoms with van der Waals surface area (Å²) in [5.41, 5.74) is 2.68. The molecule has 78 valence electrons. The SMILES string of the molecule is COC(=O)OC.Cc1cccc(C)c1. The van der Waals surface area contributed by atoms with E-state index in [9.17, 15) is 4.79 Å². The molecule has 1 aromatic rings. The minimum Gasteiger partial charge on any atom is -0.438 e. The normalized spacial score (nSPS) is 8.29. The molecule has 3 heteroatoms. The predicted molar refractivity (Wildman–Crippen MR) is 55.3 cm³/mol. The molecule has 0 N–H and O–H groups in total. The molecule has 0 heterocycles. The third kappa shape index (κ3) is 6.06. The fourth-order valence-electron chi connectivity index (χ4n) is 0.890. The number of benzene rings is 1. The molecule has 1 aromatic carbocycles. The number of hydrogen-bond donors (Lipinski definition) is 0. The van der Waals surface area contributed by atoms with Crippen LogP contribution in [-0.4, -0.2) is 20.4 Å². The summed E-state index contributed by atoms with van der Waals surface area (Å²) in [6.45, 7) is 4.21. The summed E-state index contributed by atoms with van der Waals surface area (Å²) in [4.78, 5) is 9.74. The van der Waals surface area contributed by atoms with Gasteiger partial charge in [0.25, 0.3) is 0 Å². The molecule has 0 aliphatic heterocycles. The van der Waals surface area contributed by atoms with Crippen molar-refractivity contribution in [3.63, 3.8) is 0 Å². The Morgan fingerprint density at radius 2 is 1.50 bits per heavy atom. The molecule has 0 unspecified atom stereocenters. The van der Waals surface area contributed by atoms with Gasteiger partial charge >= 0.3 is 6.16 Å². The Balaban J connectivity index is 0.000000255. The van der Waals surface area contributed by atoms with Crippen LogP contribution < -0.4 is 0 Å². The van der Waals surface area contributed by atoms with Crippen LogP contribution >= 0.6 is 0 Å². The van der Waals surface area contributed by atoms with Gasteiger partial charge in [-0.2, -0.15) is 0 Å². The Morgan fingerprint density at radius 1 is 1.07 bits per heavy atom. The van der Waals surface area contributed by atoms with Gasteiger partial charge < -0.3 is 9.47 Å². The average Bonchev–Trinajstić information content (AvgIpc) is 2.17. The van der Waals surface area contributed by atoms with Crippen molar-refractivity contribution in [2.75, 3.05) is 14.2 Å².